The van der Waals surface area contributed by atoms with Crippen LogP contribution in [0.25, 0.3) is 0 Å². The van der Waals surface area contributed by atoms with Crippen molar-refractivity contribution in [1.29, 1.82) is 0 Å². The van der Waals surface area contributed by atoms with E-state index < -0.39 is 0 Å². The van der Waals surface area contributed by atoms with Gasteiger partial charge in [0.25, 0.3) is 0 Å². The lowest BCUT2D eigenvalue weighted by Crippen LogP contribution is -2.38. The topological polar surface area (TPSA) is 12.5 Å². The molecule has 1 aliphatic rings. The first-order valence-corrected chi connectivity index (χ1v) is 6.15. The van der Waals surface area contributed by atoms with E-state index in [-0.39, 0.29) is 0 Å². The van der Waals surface area contributed by atoms with Gasteiger partial charge in [-0.15, -0.1) is 0 Å². The second-order valence-electron chi connectivity index (χ2n) is 4.36. The fraction of sp³-hybridized carbons (Fsp3) is 0.538. The van der Waals surface area contributed by atoms with Gasteiger partial charge in [-0.05, 0) is 37.1 Å². The average molecular weight is 240 g/mol. The number of likely N-dealkylation sites (tertiary alicyclic amines) is 1. The van der Waals surface area contributed by atoms with Gasteiger partial charge in [-0.25, -0.2) is 0 Å². The second kappa shape index (κ2) is 5.67. The maximum absolute atomic E-state index is 5.87. The largest absolute Gasteiger partial charge is 0.380 e. The fourth-order valence-electron chi connectivity index (χ4n) is 2.20. The Morgan fingerprint density at radius 2 is 2.12 bits per heavy atom. The third kappa shape index (κ3) is 3.21. The van der Waals surface area contributed by atoms with Crippen molar-refractivity contribution in [3.05, 3.63) is 34.9 Å². The first kappa shape index (κ1) is 11.9. The van der Waals surface area contributed by atoms with Crippen LogP contribution in [0.5, 0.6) is 0 Å². The summed E-state index contributed by atoms with van der Waals surface area (Å²) in [4.78, 5) is 2.45. The van der Waals surface area contributed by atoms with E-state index >= 15 is 0 Å². The van der Waals surface area contributed by atoms with Crippen LogP contribution >= 0.6 is 11.6 Å². The van der Waals surface area contributed by atoms with Crippen molar-refractivity contribution in [2.24, 2.45) is 0 Å². The lowest BCUT2D eigenvalue weighted by Gasteiger charge is -2.31. The Morgan fingerprint density at radius 3 is 2.81 bits per heavy atom. The van der Waals surface area contributed by atoms with Crippen LogP contribution in [-0.2, 0) is 11.3 Å². The summed E-state index contributed by atoms with van der Waals surface area (Å²) in [6.07, 6.45) is 2.82. The van der Waals surface area contributed by atoms with E-state index in [0.717, 1.165) is 18.1 Å². The minimum absolute atomic E-state index is 0.404. The summed E-state index contributed by atoms with van der Waals surface area (Å²) >= 11 is 5.87. The standard InChI is InChI=1S/C13H18ClNO/c1-16-13-3-2-8-15(10-13)9-11-4-6-12(14)7-5-11/h4-7,13H,2-3,8-10H2,1H3. The molecule has 1 fully saturated rings. The zero-order valence-corrected chi connectivity index (χ0v) is 10.4. The van der Waals surface area contributed by atoms with Crippen LogP contribution in [0.3, 0.4) is 0 Å². The summed E-state index contributed by atoms with van der Waals surface area (Å²) in [6, 6.07) is 8.10. The van der Waals surface area contributed by atoms with Crippen LogP contribution in [0.2, 0.25) is 5.02 Å². The first-order valence-electron chi connectivity index (χ1n) is 5.77. The number of rotatable bonds is 3. The summed E-state index contributed by atoms with van der Waals surface area (Å²) in [5.41, 5.74) is 1.32. The molecule has 3 heteroatoms. The summed E-state index contributed by atoms with van der Waals surface area (Å²) < 4.78 is 5.42. The third-order valence-corrected chi connectivity index (χ3v) is 3.37. The van der Waals surface area contributed by atoms with E-state index in [1.807, 2.05) is 12.1 Å². The molecule has 88 valence electrons. The monoisotopic (exact) mass is 239 g/mol. The van der Waals surface area contributed by atoms with Crippen molar-refractivity contribution >= 4 is 11.6 Å². The number of hydrogen-bond donors (Lipinski definition) is 0. The summed E-state index contributed by atoms with van der Waals surface area (Å²) in [6.45, 7) is 3.21. The van der Waals surface area contributed by atoms with E-state index in [1.165, 1.54) is 24.9 Å². The molecule has 1 aromatic rings. The van der Waals surface area contributed by atoms with E-state index in [2.05, 4.69) is 17.0 Å². The molecule has 0 N–H and O–H groups in total. The number of piperidine rings is 1. The van der Waals surface area contributed by atoms with Gasteiger partial charge in [0.1, 0.15) is 0 Å². The van der Waals surface area contributed by atoms with Gasteiger partial charge in [0, 0.05) is 25.2 Å². The highest BCUT2D eigenvalue weighted by molar-refractivity contribution is 6.30. The molecule has 0 radical (unpaired) electrons. The van der Waals surface area contributed by atoms with Crippen LogP contribution in [0.15, 0.2) is 24.3 Å². The Morgan fingerprint density at radius 1 is 1.38 bits per heavy atom. The number of methoxy groups -OCH3 is 1. The molecule has 0 spiro atoms. The lowest BCUT2D eigenvalue weighted by atomic mass is 10.1. The van der Waals surface area contributed by atoms with Gasteiger partial charge in [0.15, 0.2) is 0 Å². The molecule has 1 heterocycles. The molecule has 0 bridgehead atoms. The minimum Gasteiger partial charge on any atom is -0.380 e. The van der Waals surface area contributed by atoms with E-state index in [4.69, 9.17) is 16.3 Å². The van der Waals surface area contributed by atoms with Crippen LogP contribution in [0, 0.1) is 0 Å². The number of nitrogens with zero attached hydrogens (tertiary/aromatic N) is 1. The molecule has 2 nitrogen and oxygen atoms in total. The summed E-state index contributed by atoms with van der Waals surface area (Å²) in [5, 5.41) is 0.803. The Bertz CT molecular complexity index is 325. The molecule has 1 aliphatic heterocycles. The zero-order valence-electron chi connectivity index (χ0n) is 9.66. The van der Waals surface area contributed by atoms with Crippen LogP contribution in [0.4, 0.5) is 0 Å². The second-order valence-corrected chi connectivity index (χ2v) is 4.80. The van der Waals surface area contributed by atoms with Crippen LogP contribution < -0.4 is 0 Å². The zero-order chi connectivity index (χ0) is 11.4. The molecule has 1 aromatic carbocycles. The lowest BCUT2D eigenvalue weighted by molar-refractivity contribution is 0.0285. The molecule has 0 amide bonds. The molecular weight excluding hydrogens is 222 g/mol. The molecule has 16 heavy (non-hydrogen) atoms. The maximum atomic E-state index is 5.87. The SMILES string of the molecule is COC1CCCN(Cc2ccc(Cl)cc2)C1. The van der Waals surface area contributed by atoms with Crippen LogP contribution in [-0.4, -0.2) is 31.2 Å². The maximum Gasteiger partial charge on any atom is 0.0698 e. The summed E-state index contributed by atoms with van der Waals surface area (Å²) in [7, 11) is 1.80. The predicted octanol–water partition coefficient (Wildman–Crippen LogP) is 2.95. The van der Waals surface area contributed by atoms with Crippen molar-refractivity contribution in [2.75, 3.05) is 20.2 Å². The van der Waals surface area contributed by atoms with Gasteiger partial charge in [-0.1, -0.05) is 23.7 Å². The molecule has 0 aliphatic carbocycles. The van der Waals surface area contributed by atoms with Crippen LogP contribution in [0.1, 0.15) is 18.4 Å². The number of hydrogen-bond acceptors (Lipinski definition) is 2. The molecule has 1 saturated heterocycles. The van der Waals surface area contributed by atoms with Crippen molar-refractivity contribution in [1.82, 2.24) is 4.90 Å². The van der Waals surface area contributed by atoms with E-state index in [1.54, 1.807) is 7.11 Å². The summed E-state index contributed by atoms with van der Waals surface area (Å²) in [5.74, 6) is 0. The third-order valence-electron chi connectivity index (χ3n) is 3.12. The van der Waals surface area contributed by atoms with Gasteiger partial charge >= 0.3 is 0 Å². The number of benzene rings is 1. The molecule has 0 saturated carbocycles. The van der Waals surface area contributed by atoms with Gasteiger partial charge < -0.3 is 4.74 Å². The van der Waals surface area contributed by atoms with Gasteiger partial charge in [-0.2, -0.15) is 0 Å². The Hall–Kier alpha value is -0.570. The molecule has 1 atom stereocenters. The Labute approximate surface area is 102 Å². The van der Waals surface area contributed by atoms with Crippen molar-refractivity contribution < 1.29 is 4.74 Å². The van der Waals surface area contributed by atoms with Crippen molar-refractivity contribution in [3.8, 4) is 0 Å². The average Bonchev–Trinajstić information content (AvgIpc) is 2.32. The number of ether oxygens (including phenoxy) is 1. The van der Waals surface area contributed by atoms with Crippen molar-refractivity contribution in [3.63, 3.8) is 0 Å². The highest BCUT2D eigenvalue weighted by Crippen LogP contribution is 2.16. The van der Waals surface area contributed by atoms with Gasteiger partial charge in [0.05, 0.1) is 6.10 Å². The Balaban J connectivity index is 1.91. The quantitative estimate of drug-likeness (QED) is 0.804. The molecular formula is C13H18ClNO. The normalized spacial score (nSPS) is 22.2. The highest BCUT2D eigenvalue weighted by Gasteiger charge is 2.19. The Kier molecular flexibility index (Phi) is 4.22. The van der Waals surface area contributed by atoms with E-state index in [9.17, 15) is 0 Å². The highest BCUT2D eigenvalue weighted by atomic mass is 35.5. The van der Waals surface area contributed by atoms with E-state index in [0.29, 0.717) is 6.10 Å². The van der Waals surface area contributed by atoms with Crippen molar-refractivity contribution in [2.45, 2.75) is 25.5 Å². The van der Waals surface area contributed by atoms with Gasteiger partial charge in [0.2, 0.25) is 0 Å². The smallest absolute Gasteiger partial charge is 0.0698 e. The minimum atomic E-state index is 0.404. The molecule has 2 rings (SSSR count). The van der Waals surface area contributed by atoms with Gasteiger partial charge in [-0.3, -0.25) is 4.90 Å². The fourth-order valence-corrected chi connectivity index (χ4v) is 2.32. The molecule has 1 unspecified atom stereocenters. The molecule has 0 aromatic heterocycles. The number of halogens is 1. The first-order chi connectivity index (χ1) is 7.78. The predicted molar refractivity (Wildman–Crippen MR) is 66.8 cm³/mol.